The summed E-state index contributed by atoms with van der Waals surface area (Å²) in [5.41, 5.74) is 3.69. The molecular weight excluding hydrogens is 687 g/mol. The van der Waals surface area contributed by atoms with E-state index in [-0.39, 0.29) is 40.6 Å². The van der Waals surface area contributed by atoms with E-state index in [4.69, 9.17) is 13.9 Å². The molecule has 11 nitrogen and oxygen atoms in total. The zero-order valence-corrected chi connectivity index (χ0v) is 33.0. The summed E-state index contributed by atoms with van der Waals surface area (Å²) in [6.07, 6.45) is -2.34. The van der Waals surface area contributed by atoms with E-state index in [0.717, 1.165) is 27.8 Å². The second kappa shape index (κ2) is 14.8. The molecule has 5 aromatic rings. The van der Waals surface area contributed by atoms with Gasteiger partial charge in [0.15, 0.2) is 25.7 Å². The molecule has 53 heavy (non-hydrogen) atoms. The largest absolute Gasteiger partial charge is 0.408 e. The van der Waals surface area contributed by atoms with Crippen molar-refractivity contribution in [1.82, 2.24) is 19.5 Å². The summed E-state index contributed by atoms with van der Waals surface area (Å²) >= 11 is 0. The molecule has 3 aromatic carbocycles. The highest BCUT2D eigenvalue weighted by atomic mass is 28.4. The number of benzene rings is 3. The number of aromatic amines is 1. The standard InChI is InChI=1S/C41H51N5O6Si/c1-25(2)36(48)44-39-43-35-32(37(49)45-39)42-24-46(35)38-33(47)34(52-53(8,9)40(5,6)7)31(51-38)23-50-41(28-13-11-10-12-14-28,29-19-15-26(3)16-20-29)30-21-17-27(4)18-22-30/h10-22,24-25,31,33-34,38,47H,23H2,1-9H3,(H2,43,44,45,48,49)/t31-,33?,34+,38-/m1/s1. The van der Waals surface area contributed by atoms with E-state index in [1.165, 1.54) is 10.9 Å². The Morgan fingerprint density at radius 1 is 0.962 bits per heavy atom. The Hall–Kier alpha value is -4.46. The average Bonchev–Trinajstić information content (AvgIpc) is 3.66. The van der Waals surface area contributed by atoms with Gasteiger partial charge in [-0.15, -0.1) is 0 Å². The molecule has 4 atom stereocenters. The van der Waals surface area contributed by atoms with E-state index in [0.29, 0.717) is 0 Å². The van der Waals surface area contributed by atoms with Gasteiger partial charge < -0.3 is 19.0 Å². The highest BCUT2D eigenvalue weighted by molar-refractivity contribution is 6.74. The first kappa shape index (κ1) is 38.3. The maximum absolute atomic E-state index is 13.1. The van der Waals surface area contributed by atoms with Crippen LogP contribution in [0.3, 0.4) is 0 Å². The van der Waals surface area contributed by atoms with Gasteiger partial charge in [0.1, 0.15) is 23.9 Å². The molecule has 6 rings (SSSR count). The Labute approximate surface area is 311 Å². The number of aromatic nitrogens is 4. The number of carbonyl (C=O) groups excluding carboxylic acids is 1. The molecule has 1 aliphatic rings. The minimum atomic E-state index is -2.49. The number of aliphatic hydroxyl groups is 1. The number of aliphatic hydroxyl groups excluding tert-OH is 1. The Morgan fingerprint density at radius 3 is 2.08 bits per heavy atom. The van der Waals surface area contributed by atoms with Crippen LogP contribution < -0.4 is 10.9 Å². The first-order valence-electron chi connectivity index (χ1n) is 18.1. The van der Waals surface area contributed by atoms with E-state index >= 15 is 0 Å². The minimum Gasteiger partial charge on any atom is -0.408 e. The molecule has 1 fully saturated rings. The average molecular weight is 738 g/mol. The van der Waals surface area contributed by atoms with Crippen LogP contribution in [-0.4, -0.2) is 63.8 Å². The minimum absolute atomic E-state index is 0.0202. The number of ether oxygens (including phenoxy) is 2. The van der Waals surface area contributed by atoms with Gasteiger partial charge in [-0.25, -0.2) is 4.98 Å². The summed E-state index contributed by atoms with van der Waals surface area (Å²) in [4.78, 5) is 37.0. The van der Waals surface area contributed by atoms with Crippen molar-refractivity contribution in [2.45, 2.75) is 96.7 Å². The molecule has 2 aromatic heterocycles. The summed E-state index contributed by atoms with van der Waals surface area (Å²) in [6.45, 7) is 18.3. The van der Waals surface area contributed by atoms with Crippen molar-refractivity contribution in [3.63, 3.8) is 0 Å². The zero-order valence-electron chi connectivity index (χ0n) is 32.0. The van der Waals surface area contributed by atoms with Gasteiger partial charge in [-0.05, 0) is 48.7 Å². The van der Waals surface area contributed by atoms with Crippen molar-refractivity contribution >= 4 is 31.3 Å². The normalized spacial score (nSPS) is 19.6. The summed E-state index contributed by atoms with van der Waals surface area (Å²) < 4.78 is 22.5. The van der Waals surface area contributed by atoms with E-state index < -0.39 is 44.0 Å². The third kappa shape index (κ3) is 7.51. The number of carbonyl (C=O) groups is 1. The number of rotatable bonds is 11. The number of anilines is 1. The van der Waals surface area contributed by atoms with Crippen molar-refractivity contribution < 1.29 is 23.8 Å². The van der Waals surface area contributed by atoms with Crippen LogP contribution in [0.25, 0.3) is 11.2 Å². The summed E-state index contributed by atoms with van der Waals surface area (Å²) in [6, 6.07) is 26.8. The number of imidazole rings is 1. The van der Waals surface area contributed by atoms with Crippen LogP contribution in [-0.2, 0) is 24.3 Å². The van der Waals surface area contributed by atoms with Gasteiger partial charge in [-0.1, -0.05) is 125 Å². The molecule has 12 heteroatoms. The topological polar surface area (TPSA) is 141 Å². The molecule has 3 heterocycles. The summed E-state index contributed by atoms with van der Waals surface area (Å²) in [5, 5.41) is 14.6. The maximum atomic E-state index is 13.1. The lowest BCUT2D eigenvalue weighted by molar-refractivity contribution is -0.118. The van der Waals surface area contributed by atoms with E-state index in [1.807, 2.05) is 18.2 Å². The van der Waals surface area contributed by atoms with Crippen molar-refractivity contribution in [2.24, 2.45) is 5.92 Å². The Balaban J connectivity index is 1.44. The molecule has 1 amide bonds. The number of fused-ring (bicyclic) bond motifs is 1. The summed E-state index contributed by atoms with van der Waals surface area (Å²) in [5.74, 6) is -0.661. The molecule has 0 radical (unpaired) electrons. The Bertz CT molecular complexity index is 2060. The first-order valence-corrected chi connectivity index (χ1v) is 21.1. The van der Waals surface area contributed by atoms with E-state index in [2.05, 4.69) is 129 Å². The number of nitrogens with one attached hydrogen (secondary N) is 2. The number of aryl methyl sites for hydroxylation is 2. The Morgan fingerprint density at radius 2 is 1.53 bits per heavy atom. The fourth-order valence-electron chi connectivity index (χ4n) is 6.39. The predicted molar refractivity (Wildman–Crippen MR) is 208 cm³/mol. The monoisotopic (exact) mass is 737 g/mol. The third-order valence-electron chi connectivity index (χ3n) is 10.6. The van der Waals surface area contributed by atoms with Gasteiger partial charge in [0.25, 0.3) is 5.56 Å². The van der Waals surface area contributed by atoms with E-state index in [9.17, 15) is 14.7 Å². The van der Waals surface area contributed by atoms with Gasteiger partial charge >= 0.3 is 0 Å². The third-order valence-corrected chi connectivity index (χ3v) is 15.1. The van der Waals surface area contributed by atoms with Gasteiger partial charge in [0.2, 0.25) is 11.9 Å². The quantitative estimate of drug-likeness (QED) is 0.0974. The molecule has 0 bridgehead atoms. The van der Waals surface area contributed by atoms with Gasteiger partial charge in [0, 0.05) is 5.92 Å². The molecule has 0 spiro atoms. The second-order valence-electron chi connectivity index (χ2n) is 15.9. The van der Waals surface area contributed by atoms with Gasteiger partial charge in [-0.2, -0.15) is 4.98 Å². The van der Waals surface area contributed by atoms with Crippen LogP contribution in [0.15, 0.2) is 90.0 Å². The zero-order chi connectivity index (χ0) is 38.3. The van der Waals surface area contributed by atoms with Crippen LogP contribution in [0.2, 0.25) is 18.1 Å². The molecule has 1 saturated heterocycles. The van der Waals surface area contributed by atoms with Crippen LogP contribution in [0.5, 0.6) is 0 Å². The molecule has 1 unspecified atom stereocenters. The maximum Gasteiger partial charge on any atom is 0.280 e. The smallest absolute Gasteiger partial charge is 0.280 e. The first-order chi connectivity index (χ1) is 25.0. The molecule has 0 aliphatic carbocycles. The lowest BCUT2D eigenvalue weighted by Crippen LogP contribution is -2.50. The van der Waals surface area contributed by atoms with Crippen LogP contribution >= 0.6 is 0 Å². The van der Waals surface area contributed by atoms with Gasteiger partial charge in [0.05, 0.1) is 12.9 Å². The van der Waals surface area contributed by atoms with Crippen molar-refractivity contribution in [2.75, 3.05) is 11.9 Å². The Kier molecular flexibility index (Phi) is 10.7. The molecule has 0 saturated carbocycles. The van der Waals surface area contributed by atoms with Crippen molar-refractivity contribution in [3.8, 4) is 0 Å². The van der Waals surface area contributed by atoms with Crippen molar-refractivity contribution in [1.29, 1.82) is 0 Å². The fraction of sp³-hybridized carbons (Fsp3) is 0.415. The summed E-state index contributed by atoms with van der Waals surface area (Å²) in [7, 11) is -2.49. The number of hydrogen-bond donors (Lipinski definition) is 3. The number of H-pyrrole nitrogens is 1. The predicted octanol–water partition coefficient (Wildman–Crippen LogP) is 6.99. The van der Waals surface area contributed by atoms with Crippen LogP contribution in [0, 0.1) is 19.8 Å². The van der Waals surface area contributed by atoms with Crippen molar-refractivity contribution in [3.05, 3.63) is 123 Å². The highest BCUT2D eigenvalue weighted by Gasteiger charge is 2.52. The lowest BCUT2D eigenvalue weighted by Gasteiger charge is -2.41. The number of amides is 1. The van der Waals surface area contributed by atoms with Crippen LogP contribution in [0.1, 0.15) is 68.7 Å². The number of nitrogens with zero attached hydrogens (tertiary/aromatic N) is 3. The number of hydrogen-bond acceptors (Lipinski definition) is 8. The molecular formula is C41H51N5O6Si. The molecule has 3 N–H and O–H groups in total. The lowest BCUT2D eigenvalue weighted by atomic mass is 9.79. The highest BCUT2D eigenvalue weighted by Crippen LogP contribution is 2.45. The fourth-order valence-corrected chi connectivity index (χ4v) is 7.71. The van der Waals surface area contributed by atoms with E-state index in [1.54, 1.807) is 13.8 Å². The SMILES string of the molecule is Cc1ccc(C(OC[C@H]2O[C@@H](n3cnc4c(=O)[nH]c(NC(=O)C(C)C)nc43)C(O)[C@H]2O[Si](C)(C)C(C)(C)C)(c2ccccc2)c2ccc(C)cc2)cc1. The second-order valence-corrected chi connectivity index (χ2v) is 20.6. The van der Waals surface area contributed by atoms with Gasteiger partial charge in [-0.3, -0.25) is 24.5 Å². The molecule has 1 aliphatic heterocycles. The molecule has 280 valence electrons. The van der Waals surface area contributed by atoms with Crippen LogP contribution in [0.4, 0.5) is 5.95 Å².